The van der Waals surface area contributed by atoms with Gasteiger partial charge in [-0.25, -0.2) is 9.55 Å². The SMILES string of the molecule is CC1CC2(C)C(n3cnc4ccccc43)=CCC2C2CC=C3CC([n+]4cc[nH]c4)CCC3(C)C12. The first-order valence-electron chi connectivity index (χ1n) is 13.4. The van der Waals surface area contributed by atoms with Crippen molar-refractivity contribution in [2.45, 2.75) is 65.3 Å². The second kappa shape index (κ2) is 7.19. The number of allylic oxidation sites excluding steroid dienone is 4. The van der Waals surface area contributed by atoms with E-state index < -0.39 is 0 Å². The van der Waals surface area contributed by atoms with E-state index in [1.54, 1.807) is 5.57 Å². The van der Waals surface area contributed by atoms with Gasteiger partial charge >= 0.3 is 0 Å². The molecule has 0 saturated heterocycles. The average Bonchev–Trinajstić information content (AvgIpc) is 3.56. The summed E-state index contributed by atoms with van der Waals surface area (Å²) in [7, 11) is 0. The summed E-state index contributed by atoms with van der Waals surface area (Å²) in [6.45, 7) is 7.76. The molecule has 0 bridgehead atoms. The van der Waals surface area contributed by atoms with Gasteiger partial charge in [0.05, 0.1) is 11.0 Å². The van der Waals surface area contributed by atoms with Crippen LogP contribution in [0.3, 0.4) is 0 Å². The normalized spacial score (nSPS) is 39.2. The summed E-state index contributed by atoms with van der Waals surface area (Å²) in [5, 5.41) is 0. The molecular formula is C30H37N4+. The Morgan fingerprint density at radius 3 is 2.85 bits per heavy atom. The predicted molar refractivity (Wildman–Crippen MR) is 136 cm³/mol. The maximum atomic E-state index is 4.73. The molecule has 3 aromatic rings. The third-order valence-corrected chi connectivity index (χ3v) is 10.6. The minimum atomic E-state index is 0.226. The fraction of sp³-hybridized carbons (Fsp3) is 0.533. The standard InChI is InChI=1S/C30H36N4/c1-20-17-30(3)24(10-11-27(30)34-19-32-25-6-4-5-7-26(25)34)23-9-8-21-16-22(33-15-14-31-18-33)12-13-29(21,2)28(20)23/h4-8,11,14-15,18-20,22-24,28H,9-10,12-13,16-17H2,1-3H3/p+1. The lowest BCUT2D eigenvalue weighted by molar-refractivity contribution is -0.723. The topological polar surface area (TPSA) is 37.5 Å². The number of rotatable bonds is 2. The van der Waals surface area contributed by atoms with E-state index in [-0.39, 0.29) is 5.41 Å². The Bertz CT molecular complexity index is 1300. The smallest absolute Gasteiger partial charge is 0.241 e. The predicted octanol–water partition coefficient (Wildman–Crippen LogP) is 6.55. The van der Waals surface area contributed by atoms with E-state index in [4.69, 9.17) is 4.98 Å². The average molecular weight is 454 g/mol. The molecule has 2 aromatic heterocycles. The number of aromatic nitrogens is 4. The Morgan fingerprint density at radius 2 is 2.00 bits per heavy atom. The summed E-state index contributed by atoms with van der Waals surface area (Å²) >= 11 is 0. The number of imidazole rings is 2. The molecule has 7 atom stereocenters. The minimum Gasteiger partial charge on any atom is -0.302 e. The number of nitrogens with one attached hydrogen (secondary N) is 1. The van der Waals surface area contributed by atoms with Crippen LogP contribution in [0.2, 0.25) is 0 Å². The highest BCUT2D eigenvalue weighted by Crippen LogP contribution is 2.67. The first-order chi connectivity index (χ1) is 16.5. The van der Waals surface area contributed by atoms with Crippen LogP contribution >= 0.6 is 0 Å². The molecule has 0 aliphatic heterocycles. The second-order valence-corrected chi connectivity index (χ2v) is 12.2. The van der Waals surface area contributed by atoms with Gasteiger partial charge in [-0.05, 0) is 73.3 Å². The zero-order valence-corrected chi connectivity index (χ0v) is 20.7. The molecule has 0 spiro atoms. The van der Waals surface area contributed by atoms with Gasteiger partial charge < -0.3 is 4.57 Å². The van der Waals surface area contributed by atoms with E-state index >= 15 is 0 Å². The van der Waals surface area contributed by atoms with Crippen molar-refractivity contribution in [2.24, 2.45) is 34.5 Å². The molecule has 2 saturated carbocycles. The van der Waals surface area contributed by atoms with Crippen LogP contribution in [0.4, 0.5) is 0 Å². The first-order valence-corrected chi connectivity index (χ1v) is 13.4. The molecule has 34 heavy (non-hydrogen) atoms. The molecule has 1 aromatic carbocycles. The number of H-pyrrole nitrogens is 1. The van der Waals surface area contributed by atoms with E-state index in [0.29, 0.717) is 11.5 Å². The molecule has 1 N–H and O–H groups in total. The number of hydrogen-bond donors (Lipinski definition) is 1. The van der Waals surface area contributed by atoms with Crippen LogP contribution in [0, 0.1) is 34.5 Å². The molecule has 4 aliphatic rings. The van der Waals surface area contributed by atoms with Crippen molar-refractivity contribution < 1.29 is 4.57 Å². The molecule has 0 radical (unpaired) electrons. The number of para-hydroxylation sites is 2. The van der Waals surface area contributed by atoms with E-state index in [0.717, 1.165) is 29.2 Å². The Hall–Kier alpha value is -2.62. The number of fused-ring (bicyclic) bond motifs is 6. The van der Waals surface area contributed by atoms with Crippen molar-refractivity contribution in [2.75, 3.05) is 0 Å². The molecule has 176 valence electrons. The van der Waals surface area contributed by atoms with Crippen molar-refractivity contribution in [3.8, 4) is 0 Å². The monoisotopic (exact) mass is 453 g/mol. The van der Waals surface area contributed by atoms with E-state index in [1.165, 1.54) is 49.7 Å². The van der Waals surface area contributed by atoms with Gasteiger partial charge in [0.2, 0.25) is 6.33 Å². The van der Waals surface area contributed by atoms with Crippen molar-refractivity contribution >= 4 is 16.7 Å². The highest BCUT2D eigenvalue weighted by atomic mass is 15.1. The second-order valence-electron chi connectivity index (χ2n) is 12.2. The largest absolute Gasteiger partial charge is 0.302 e. The van der Waals surface area contributed by atoms with Gasteiger partial charge in [-0.3, -0.25) is 4.98 Å². The van der Waals surface area contributed by atoms with Gasteiger partial charge in [-0.1, -0.05) is 50.6 Å². The lowest BCUT2D eigenvalue weighted by atomic mass is 9.45. The Labute approximate surface area is 202 Å². The van der Waals surface area contributed by atoms with Gasteiger partial charge in [0.25, 0.3) is 0 Å². The lowest BCUT2D eigenvalue weighted by Crippen LogP contribution is -2.54. The minimum absolute atomic E-state index is 0.226. The summed E-state index contributed by atoms with van der Waals surface area (Å²) in [4.78, 5) is 7.98. The summed E-state index contributed by atoms with van der Waals surface area (Å²) in [6, 6.07) is 9.21. The fourth-order valence-corrected chi connectivity index (χ4v) is 9.20. The van der Waals surface area contributed by atoms with Crippen LogP contribution in [0.15, 0.2) is 67.0 Å². The number of nitrogens with zero attached hydrogens (tertiary/aromatic N) is 3. The van der Waals surface area contributed by atoms with Crippen molar-refractivity contribution in [3.63, 3.8) is 0 Å². The van der Waals surface area contributed by atoms with Crippen LogP contribution in [0.1, 0.15) is 65.3 Å². The van der Waals surface area contributed by atoms with Gasteiger partial charge in [-0.15, -0.1) is 0 Å². The third kappa shape index (κ3) is 2.71. The molecule has 0 amide bonds. The van der Waals surface area contributed by atoms with Gasteiger partial charge in [0.1, 0.15) is 24.8 Å². The summed E-state index contributed by atoms with van der Waals surface area (Å²) in [5.41, 5.74) is 6.20. The first kappa shape index (κ1) is 20.7. The molecule has 4 heteroatoms. The van der Waals surface area contributed by atoms with E-state index in [9.17, 15) is 0 Å². The third-order valence-electron chi connectivity index (χ3n) is 10.6. The van der Waals surface area contributed by atoms with Crippen molar-refractivity contribution in [1.29, 1.82) is 0 Å². The van der Waals surface area contributed by atoms with Crippen LogP contribution in [-0.4, -0.2) is 14.5 Å². The van der Waals surface area contributed by atoms with Gasteiger partial charge in [-0.2, -0.15) is 0 Å². The van der Waals surface area contributed by atoms with Crippen molar-refractivity contribution in [1.82, 2.24) is 14.5 Å². The van der Waals surface area contributed by atoms with Crippen LogP contribution in [-0.2, 0) is 0 Å². The highest BCUT2D eigenvalue weighted by Gasteiger charge is 2.59. The maximum Gasteiger partial charge on any atom is 0.241 e. The molecular weight excluding hydrogens is 416 g/mol. The number of aromatic amines is 1. The molecule has 7 rings (SSSR count). The van der Waals surface area contributed by atoms with Gasteiger partial charge in [0.15, 0.2) is 0 Å². The summed E-state index contributed by atoms with van der Waals surface area (Å²) in [6.07, 6.45) is 21.3. The van der Waals surface area contributed by atoms with Gasteiger partial charge in [0, 0.05) is 17.5 Å². The van der Waals surface area contributed by atoms with Crippen LogP contribution < -0.4 is 4.57 Å². The number of hydrogen-bond acceptors (Lipinski definition) is 1. The maximum absolute atomic E-state index is 4.73. The van der Waals surface area contributed by atoms with E-state index in [2.05, 4.69) is 96.4 Å². The molecule has 4 aliphatic carbocycles. The zero-order chi connectivity index (χ0) is 23.1. The number of benzene rings is 1. The zero-order valence-electron chi connectivity index (χ0n) is 20.7. The molecule has 2 heterocycles. The lowest BCUT2D eigenvalue weighted by Gasteiger charge is -2.60. The van der Waals surface area contributed by atoms with Crippen LogP contribution in [0.5, 0.6) is 0 Å². The quantitative estimate of drug-likeness (QED) is 0.347. The Kier molecular flexibility index (Phi) is 4.39. The highest BCUT2D eigenvalue weighted by molar-refractivity contribution is 5.80. The Balaban J connectivity index is 1.23. The molecule has 2 fully saturated rings. The van der Waals surface area contributed by atoms with Crippen molar-refractivity contribution in [3.05, 3.63) is 67.0 Å². The molecule has 4 nitrogen and oxygen atoms in total. The fourth-order valence-electron chi connectivity index (χ4n) is 9.20. The Morgan fingerprint density at radius 1 is 1.12 bits per heavy atom. The van der Waals surface area contributed by atoms with Crippen LogP contribution in [0.25, 0.3) is 16.7 Å². The summed E-state index contributed by atoms with van der Waals surface area (Å²) in [5.74, 6) is 3.04. The molecule has 7 unspecified atom stereocenters. The summed E-state index contributed by atoms with van der Waals surface area (Å²) < 4.78 is 4.81. The van der Waals surface area contributed by atoms with E-state index in [1.807, 2.05) is 0 Å².